The van der Waals surface area contributed by atoms with Gasteiger partial charge in [0.15, 0.2) is 0 Å². The second-order valence-electron chi connectivity index (χ2n) is 5.91. The molecule has 1 heterocycles. The number of imidazole rings is 1. The highest BCUT2D eigenvalue weighted by Gasteiger charge is 2.30. The lowest BCUT2D eigenvalue weighted by molar-refractivity contribution is 0.477. The number of nitrogens with zero attached hydrogens (tertiary/aromatic N) is 2. The van der Waals surface area contributed by atoms with Crippen molar-refractivity contribution in [3.05, 3.63) is 29.0 Å². The summed E-state index contributed by atoms with van der Waals surface area (Å²) in [7, 11) is 0. The molecule has 19 heavy (non-hydrogen) atoms. The van der Waals surface area contributed by atoms with E-state index in [1.807, 2.05) is 18.2 Å². The van der Waals surface area contributed by atoms with Gasteiger partial charge in [0.05, 0.1) is 22.1 Å². The summed E-state index contributed by atoms with van der Waals surface area (Å²) in [5.41, 5.74) is 8.37. The molecule has 0 saturated heterocycles. The summed E-state index contributed by atoms with van der Waals surface area (Å²) in [5.74, 6) is 1.57. The molecule has 1 aliphatic carbocycles. The third-order valence-electron chi connectivity index (χ3n) is 3.66. The molecule has 4 heteroatoms. The van der Waals surface area contributed by atoms with E-state index in [1.54, 1.807) is 0 Å². The molecule has 3 rings (SSSR count). The lowest BCUT2D eigenvalue weighted by atomic mass is 10.0. The highest BCUT2D eigenvalue weighted by atomic mass is 35.5. The minimum absolute atomic E-state index is 0.0101. The summed E-state index contributed by atoms with van der Waals surface area (Å²) in [6, 6.07) is 6.43. The molecular formula is C15H20ClN3. The van der Waals surface area contributed by atoms with Crippen LogP contribution in [0, 0.1) is 5.92 Å². The molecule has 2 N–H and O–H groups in total. The maximum absolute atomic E-state index is 6.36. The first-order valence-electron chi connectivity index (χ1n) is 7.00. The van der Waals surface area contributed by atoms with Gasteiger partial charge in [-0.05, 0) is 37.3 Å². The third-order valence-corrected chi connectivity index (χ3v) is 3.96. The van der Waals surface area contributed by atoms with Crippen LogP contribution in [0.3, 0.4) is 0 Å². The van der Waals surface area contributed by atoms with E-state index < -0.39 is 0 Å². The van der Waals surface area contributed by atoms with E-state index in [9.17, 15) is 0 Å². The van der Waals surface area contributed by atoms with Gasteiger partial charge in [0, 0.05) is 6.04 Å². The minimum Gasteiger partial charge on any atom is -0.322 e. The zero-order valence-electron chi connectivity index (χ0n) is 11.4. The number of hydrogen-bond acceptors (Lipinski definition) is 2. The SMILES string of the molecule is CC(C)CC(N)c1nc2cccc(Cl)c2n1C1CC1. The first-order chi connectivity index (χ1) is 9.08. The molecule has 1 aromatic heterocycles. The number of rotatable bonds is 4. The van der Waals surface area contributed by atoms with Gasteiger partial charge in [-0.3, -0.25) is 0 Å². The first kappa shape index (κ1) is 12.9. The fraction of sp³-hybridized carbons (Fsp3) is 0.533. The van der Waals surface area contributed by atoms with Crippen LogP contribution >= 0.6 is 11.6 Å². The molecule has 1 fully saturated rings. The van der Waals surface area contributed by atoms with Crippen LogP contribution in [0.4, 0.5) is 0 Å². The van der Waals surface area contributed by atoms with E-state index in [0.29, 0.717) is 12.0 Å². The van der Waals surface area contributed by atoms with Crippen molar-refractivity contribution in [2.45, 2.75) is 45.2 Å². The zero-order valence-corrected chi connectivity index (χ0v) is 12.2. The summed E-state index contributed by atoms with van der Waals surface area (Å²) in [4.78, 5) is 4.74. The Morgan fingerprint density at radius 2 is 2.16 bits per heavy atom. The third kappa shape index (κ3) is 2.37. The normalized spacial score (nSPS) is 17.3. The summed E-state index contributed by atoms with van der Waals surface area (Å²) in [6.07, 6.45) is 3.36. The van der Waals surface area contributed by atoms with Crippen molar-refractivity contribution in [1.82, 2.24) is 9.55 Å². The predicted molar refractivity (Wildman–Crippen MR) is 79.4 cm³/mol. The lowest BCUT2D eigenvalue weighted by Crippen LogP contribution is -2.18. The Labute approximate surface area is 118 Å². The molecule has 0 aliphatic heterocycles. The van der Waals surface area contributed by atoms with Gasteiger partial charge in [-0.2, -0.15) is 0 Å². The maximum atomic E-state index is 6.36. The quantitative estimate of drug-likeness (QED) is 0.915. The van der Waals surface area contributed by atoms with Crippen molar-refractivity contribution in [2.75, 3.05) is 0 Å². The van der Waals surface area contributed by atoms with Crippen molar-refractivity contribution in [3.63, 3.8) is 0 Å². The standard InChI is InChI=1S/C15H20ClN3/c1-9(2)8-12(17)15-18-13-5-3-4-11(16)14(13)19(15)10-6-7-10/h3-5,9-10,12H,6-8,17H2,1-2H3. The van der Waals surface area contributed by atoms with Crippen molar-refractivity contribution < 1.29 is 0 Å². The largest absolute Gasteiger partial charge is 0.322 e. The van der Waals surface area contributed by atoms with Gasteiger partial charge in [0.25, 0.3) is 0 Å². The van der Waals surface area contributed by atoms with Gasteiger partial charge in [-0.25, -0.2) is 4.98 Å². The molecule has 0 spiro atoms. The second-order valence-corrected chi connectivity index (χ2v) is 6.32. The van der Waals surface area contributed by atoms with E-state index in [2.05, 4.69) is 18.4 Å². The van der Waals surface area contributed by atoms with Crippen molar-refractivity contribution >= 4 is 22.6 Å². The second kappa shape index (κ2) is 4.80. The zero-order chi connectivity index (χ0) is 13.6. The van der Waals surface area contributed by atoms with Gasteiger partial charge in [0.2, 0.25) is 0 Å². The van der Waals surface area contributed by atoms with Crippen LogP contribution in [0.25, 0.3) is 11.0 Å². The summed E-state index contributed by atoms with van der Waals surface area (Å²) in [5, 5.41) is 0.778. The van der Waals surface area contributed by atoms with Gasteiger partial charge in [-0.1, -0.05) is 31.5 Å². The minimum atomic E-state index is -0.0101. The summed E-state index contributed by atoms with van der Waals surface area (Å²) < 4.78 is 2.28. The van der Waals surface area contributed by atoms with Gasteiger partial charge >= 0.3 is 0 Å². The molecule has 1 aromatic carbocycles. The van der Waals surface area contributed by atoms with Crippen LogP contribution < -0.4 is 5.73 Å². The van der Waals surface area contributed by atoms with Crippen LogP contribution in [0.15, 0.2) is 18.2 Å². The molecule has 0 bridgehead atoms. The van der Waals surface area contributed by atoms with Gasteiger partial charge in [-0.15, -0.1) is 0 Å². The fourth-order valence-electron chi connectivity index (χ4n) is 2.70. The number of halogens is 1. The molecular weight excluding hydrogens is 258 g/mol. The smallest absolute Gasteiger partial charge is 0.127 e. The van der Waals surface area contributed by atoms with E-state index in [4.69, 9.17) is 22.3 Å². The molecule has 0 radical (unpaired) electrons. The van der Waals surface area contributed by atoms with Crippen LogP contribution in [0.5, 0.6) is 0 Å². The Morgan fingerprint density at radius 3 is 2.79 bits per heavy atom. The summed E-state index contributed by atoms with van der Waals surface area (Å²) in [6.45, 7) is 4.38. The molecule has 1 unspecified atom stereocenters. The molecule has 0 amide bonds. The molecule has 102 valence electrons. The lowest BCUT2D eigenvalue weighted by Gasteiger charge is -2.16. The van der Waals surface area contributed by atoms with Crippen LogP contribution in [0.2, 0.25) is 5.02 Å². The fourth-order valence-corrected chi connectivity index (χ4v) is 2.96. The molecule has 1 aliphatic rings. The number of fused-ring (bicyclic) bond motifs is 1. The molecule has 3 nitrogen and oxygen atoms in total. The van der Waals surface area contributed by atoms with Crippen LogP contribution in [-0.4, -0.2) is 9.55 Å². The van der Waals surface area contributed by atoms with E-state index in [1.165, 1.54) is 12.8 Å². The van der Waals surface area contributed by atoms with Crippen LogP contribution in [-0.2, 0) is 0 Å². The average Bonchev–Trinajstić information content (AvgIpc) is 3.09. The molecule has 1 saturated carbocycles. The maximum Gasteiger partial charge on any atom is 0.127 e. The Morgan fingerprint density at radius 1 is 1.42 bits per heavy atom. The number of aromatic nitrogens is 2. The Kier molecular flexibility index (Phi) is 3.27. The number of para-hydroxylation sites is 1. The van der Waals surface area contributed by atoms with Crippen molar-refractivity contribution in [3.8, 4) is 0 Å². The van der Waals surface area contributed by atoms with E-state index >= 15 is 0 Å². The van der Waals surface area contributed by atoms with Gasteiger partial charge < -0.3 is 10.3 Å². The molecule has 2 aromatic rings. The first-order valence-corrected chi connectivity index (χ1v) is 7.37. The number of hydrogen-bond donors (Lipinski definition) is 1. The Hall–Kier alpha value is -1.06. The Bertz CT molecular complexity index is 599. The number of nitrogens with two attached hydrogens (primary N) is 1. The highest BCUT2D eigenvalue weighted by molar-refractivity contribution is 6.35. The topological polar surface area (TPSA) is 43.8 Å². The summed E-state index contributed by atoms with van der Waals surface area (Å²) >= 11 is 6.36. The van der Waals surface area contributed by atoms with Gasteiger partial charge in [0.1, 0.15) is 5.82 Å². The van der Waals surface area contributed by atoms with E-state index in [-0.39, 0.29) is 6.04 Å². The van der Waals surface area contributed by atoms with Crippen LogP contribution in [0.1, 0.15) is 51.0 Å². The van der Waals surface area contributed by atoms with Crippen molar-refractivity contribution in [2.24, 2.45) is 11.7 Å². The van der Waals surface area contributed by atoms with E-state index in [0.717, 1.165) is 28.3 Å². The Balaban J connectivity index is 2.13. The number of benzene rings is 1. The van der Waals surface area contributed by atoms with Crippen molar-refractivity contribution in [1.29, 1.82) is 0 Å². The average molecular weight is 278 g/mol. The predicted octanol–water partition coefficient (Wildman–Crippen LogP) is 4.07. The monoisotopic (exact) mass is 277 g/mol. The highest BCUT2D eigenvalue weighted by Crippen LogP contribution is 2.41. The molecule has 1 atom stereocenters.